The minimum Gasteiger partial charge on any atom is -0.496 e. The standard InChI is InChI=1S/C17H23NO5/c1-11-3-5-13(23-11)6-8-16(19)18-10-12-4-7-15(22-2)14(9-12)17(20)21/h4,7,9,11,13H,3,5-6,8,10H2,1-2H3,(H,18,19)(H,20,21). The highest BCUT2D eigenvalue weighted by Gasteiger charge is 2.22. The van der Waals surface area contributed by atoms with E-state index in [1.165, 1.54) is 13.2 Å². The lowest BCUT2D eigenvalue weighted by atomic mass is 10.1. The maximum Gasteiger partial charge on any atom is 0.339 e. The molecule has 6 nitrogen and oxygen atoms in total. The summed E-state index contributed by atoms with van der Waals surface area (Å²) in [5.74, 6) is -0.802. The smallest absolute Gasteiger partial charge is 0.339 e. The van der Waals surface area contributed by atoms with Crippen molar-refractivity contribution in [3.8, 4) is 5.75 Å². The summed E-state index contributed by atoms with van der Waals surface area (Å²) >= 11 is 0. The third-order valence-corrected chi connectivity index (χ3v) is 4.00. The number of benzene rings is 1. The van der Waals surface area contributed by atoms with E-state index < -0.39 is 5.97 Å². The van der Waals surface area contributed by atoms with E-state index in [0.29, 0.717) is 18.7 Å². The van der Waals surface area contributed by atoms with E-state index in [0.717, 1.165) is 24.8 Å². The maximum atomic E-state index is 11.9. The van der Waals surface area contributed by atoms with Crippen molar-refractivity contribution in [1.29, 1.82) is 0 Å². The molecule has 23 heavy (non-hydrogen) atoms. The van der Waals surface area contributed by atoms with Crippen LogP contribution in [0.25, 0.3) is 0 Å². The van der Waals surface area contributed by atoms with E-state index in [9.17, 15) is 9.59 Å². The molecule has 0 aromatic heterocycles. The van der Waals surface area contributed by atoms with Gasteiger partial charge < -0.3 is 19.9 Å². The first-order chi connectivity index (χ1) is 11.0. The number of carbonyl (C=O) groups is 2. The molecule has 126 valence electrons. The van der Waals surface area contributed by atoms with Crippen molar-refractivity contribution in [2.24, 2.45) is 0 Å². The molecule has 1 saturated heterocycles. The van der Waals surface area contributed by atoms with Gasteiger partial charge in [0.2, 0.25) is 5.91 Å². The second kappa shape index (κ2) is 7.97. The summed E-state index contributed by atoms with van der Waals surface area (Å²) in [6.07, 6.45) is 3.66. The molecule has 1 amide bonds. The van der Waals surface area contributed by atoms with Crippen LogP contribution in [0.5, 0.6) is 5.75 Å². The van der Waals surface area contributed by atoms with Crippen LogP contribution in [0.4, 0.5) is 0 Å². The molecule has 1 fully saturated rings. The fraction of sp³-hybridized carbons (Fsp3) is 0.529. The molecule has 0 saturated carbocycles. The Hall–Kier alpha value is -2.08. The molecule has 1 aliphatic heterocycles. The van der Waals surface area contributed by atoms with Gasteiger partial charge in [-0.25, -0.2) is 4.79 Å². The van der Waals surface area contributed by atoms with E-state index in [4.69, 9.17) is 14.6 Å². The van der Waals surface area contributed by atoms with E-state index in [1.807, 2.05) is 6.92 Å². The first-order valence-electron chi connectivity index (χ1n) is 7.82. The van der Waals surface area contributed by atoms with Gasteiger partial charge in [0.05, 0.1) is 19.3 Å². The van der Waals surface area contributed by atoms with Crippen LogP contribution in [0.3, 0.4) is 0 Å². The van der Waals surface area contributed by atoms with Crippen LogP contribution in [-0.4, -0.2) is 36.3 Å². The molecule has 2 rings (SSSR count). The molecule has 0 radical (unpaired) electrons. The highest BCUT2D eigenvalue weighted by Crippen LogP contribution is 2.22. The van der Waals surface area contributed by atoms with Crippen LogP contribution in [0.15, 0.2) is 18.2 Å². The minimum atomic E-state index is -1.05. The second-order valence-electron chi connectivity index (χ2n) is 5.80. The predicted octanol–water partition coefficient (Wildman–Crippen LogP) is 2.36. The largest absolute Gasteiger partial charge is 0.496 e. The Balaban J connectivity index is 1.82. The van der Waals surface area contributed by atoms with Crippen molar-refractivity contribution < 1.29 is 24.2 Å². The number of hydrogen-bond acceptors (Lipinski definition) is 4. The Bertz CT molecular complexity index is 572. The Morgan fingerprint density at radius 1 is 1.39 bits per heavy atom. The Morgan fingerprint density at radius 2 is 2.17 bits per heavy atom. The number of ether oxygens (including phenoxy) is 2. The fourth-order valence-electron chi connectivity index (χ4n) is 2.71. The average molecular weight is 321 g/mol. The van der Waals surface area contributed by atoms with Crippen molar-refractivity contribution in [1.82, 2.24) is 5.32 Å². The zero-order valence-electron chi connectivity index (χ0n) is 13.5. The van der Waals surface area contributed by atoms with Gasteiger partial charge in [-0.3, -0.25) is 4.79 Å². The van der Waals surface area contributed by atoms with E-state index in [1.54, 1.807) is 12.1 Å². The lowest BCUT2D eigenvalue weighted by Gasteiger charge is -2.11. The predicted molar refractivity (Wildman–Crippen MR) is 84.6 cm³/mol. The van der Waals surface area contributed by atoms with Crippen molar-refractivity contribution in [3.63, 3.8) is 0 Å². The van der Waals surface area contributed by atoms with Crippen molar-refractivity contribution in [3.05, 3.63) is 29.3 Å². The fourth-order valence-corrected chi connectivity index (χ4v) is 2.71. The molecule has 1 aliphatic rings. The van der Waals surface area contributed by atoms with Gasteiger partial charge >= 0.3 is 5.97 Å². The van der Waals surface area contributed by atoms with Gasteiger partial charge in [0, 0.05) is 13.0 Å². The molecule has 2 N–H and O–H groups in total. The lowest BCUT2D eigenvalue weighted by molar-refractivity contribution is -0.122. The molecule has 1 aromatic rings. The van der Waals surface area contributed by atoms with Gasteiger partial charge in [-0.15, -0.1) is 0 Å². The number of carboxylic acid groups (broad SMARTS) is 1. The number of methoxy groups -OCH3 is 1. The molecule has 6 heteroatoms. The topological polar surface area (TPSA) is 84.9 Å². The molecule has 0 bridgehead atoms. The van der Waals surface area contributed by atoms with E-state index in [-0.39, 0.29) is 23.7 Å². The zero-order valence-corrected chi connectivity index (χ0v) is 13.5. The van der Waals surface area contributed by atoms with E-state index in [2.05, 4.69) is 5.32 Å². The van der Waals surface area contributed by atoms with Gasteiger partial charge in [-0.05, 0) is 43.9 Å². The molecule has 1 heterocycles. The van der Waals surface area contributed by atoms with Crippen LogP contribution < -0.4 is 10.1 Å². The molecular formula is C17H23NO5. The van der Waals surface area contributed by atoms with Crippen LogP contribution >= 0.6 is 0 Å². The molecule has 1 aromatic carbocycles. The van der Waals surface area contributed by atoms with Crippen molar-refractivity contribution in [2.45, 2.75) is 51.4 Å². The number of carboxylic acids is 1. The number of nitrogens with one attached hydrogen (secondary N) is 1. The quantitative estimate of drug-likeness (QED) is 0.805. The highest BCUT2D eigenvalue weighted by atomic mass is 16.5. The van der Waals surface area contributed by atoms with Crippen LogP contribution in [-0.2, 0) is 16.1 Å². The van der Waals surface area contributed by atoms with Crippen molar-refractivity contribution in [2.75, 3.05) is 7.11 Å². The van der Waals surface area contributed by atoms with Gasteiger partial charge in [0.1, 0.15) is 11.3 Å². The normalized spacial score (nSPS) is 20.3. The molecule has 2 unspecified atom stereocenters. The Morgan fingerprint density at radius 3 is 2.78 bits per heavy atom. The SMILES string of the molecule is COc1ccc(CNC(=O)CCC2CCC(C)O2)cc1C(=O)O. The van der Waals surface area contributed by atoms with Gasteiger partial charge in [0.25, 0.3) is 0 Å². The maximum absolute atomic E-state index is 11.9. The molecule has 0 aliphatic carbocycles. The zero-order chi connectivity index (χ0) is 16.8. The Kier molecular flexibility index (Phi) is 5.98. The van der Waals surface area contributed by atoms with Gasteiger partial charge in [0.15, 0.2) is 0 Å². The summed E-state index contributed by atoms with van der Waals surface area (Å²) < 4.78 is 10.7. The van der Waals surface area contributed by atoms with E-state index >= 15 is 0 Å². The minimum absolute atomic E-state index is 0.0548. The summed E-state index contributed by atoms with van der Waals surface area (Å²) in [4.78, 5) is 23.1. The number of carbonyl (C=O) groups excluding carboxylic acids is 1. The van der Waals surface area contributed by atoms with Crippen LogP contribution in [0.1, 0.15) is 48.5 Å². The number of aromatic carboxylic acids is 1. The third-order valence-electron chi connectivity index (χ3n) is 4.00. The summed E-state index contributed by atoms with van der Waals surface area (Å²) in [6.45, 7) is 2.34. The summed E-state index contributed by atoms with van der Waals surface area (Å²) in [5.41, 5.74) is 0.815. The van der Waals surface area contributed by atoms with Crippen LogP contribution in [0.2, 0.25) is 0 Å². The third kappa shape index (κ3) is 4.96. The molecule has 2 atom stereocenters. The second-order valence-corrected chi connectivity index (χ2v) is 5.80. The number of hydrogen-bond donors (Lipinski definition) is 2. The van der Waals surface area contributed by atoms with Crippen molar-refractivity contribution >= 4 is 11.9 Å². The number of rotatable bonds is 7. The van der Waals surface area contributed by atoms with Gasteiger partial charge in [-0.2, -0.15) is 0 Å². The Labute approximate surface area is 135 Å². The summed E-state index contributed by atoms with van der Waals surface area (Å²) in [7, 11) is 1.43. The van der Waals surface area contributed by atoms with Crippen LogP contribution in [0, 0.1) is 0 Å². The summed E-state index contributed by atoms with van der Waals surface area (Å²) in [5, 5.41) is 12.0. The molecule has 0 spiro atoms. The monoisotopic (exact) mass is 321 g/mol. The lowest BCUT2D eigenvalue weighted by Crippen LogP contribution is -2.24. The number of amides is 1. The first-order valence-corrected chi connectivity index (χ1v) is 7.82. The average Bonchev–Trinajstić information content (AvgIpc) is 2.96. The van der Waals surface area contributed by atoms with Gasteiger partial charge in [-0.1, -0.05) is 6.07 Å². The summed E-state index contributed by atoms with van der Waals surface area (Å²) in [6, 6.07) is 4.86. The first kappa shape index (κ1) is 17.3. The molecular weight excluding hydrogens is 298 g/mol. The highest BCUT2D eigenvalue weighted by molar-refractivity contribution is 5.91.